The molecular formula is C12H12N. The van der Waals surface area contributed by atoms with E-state index in [2.05, 4.69) is 42.6 Å². The number of rotatable bonds is 2. The number of hydrogen-bond acceptors (Lipinski definition) is 1. The van der Waals surface area contributed by atoms with Gasteiger partial charge in [0, 0.05) is 11.1 Å². The van der Waals surface area contributed by atoms with E-state index in [1.165, 1.54) is 5.39 Å². The molecule has 1 heteroatoms. The molecule has 0 N–H and O–H groups in total. The third-order valence-electron chi connectivity index (χ3n) is 2.07. The van der Waals surface area contributed by atoms with Crippen LogP contribution in [0.2, 0.25) is 0 Å². The Labute approximate surface area is 78.4 Å². The minimum atomic E-state index is 0.949. The molecule has 0 atom stereocenters. The Bertz CT molecular complexity index is 407. The molecule has 0 aliphatic rings. The fourth-order valence-corrected chi connectivity index (χ4v) is 1.43. The van der Waals surface area contributed by atoms with Crippen molar-refractivity contribution in [3.8, 4) is 0 Å². The summed E-state index contributed by atoms with van der Waals surface area (Å²) in [6, 6.07) is 12.4. The van der Waals surface area contributed by atoms with E-state index in [4.69, 9.17) is 0 Å². The summed E-state index contributed by atoms with van der Waals surface area (Å²) >= 11 is 0. The van der Waals surface area contributed by atoms with E-state index >= 15 is 0 Å². The summed E-state index contributed by atoms with van der Waals surface area (Å²) in [7, 11) is 0. The van der Waals surface area contributed by atoms with Gasteiger partial charge in [0.05, 0.1) is 5.52 Å². The predicted molar refractivity (Wildman–Crippen MR) is 55.4 cm³/mol. The van der Waals surface area contributed by atoms with Crippen molar-refractivity contribution in [2.24, 2.45) is 0 Å². The van der Waals surface area contributed by atoms with Gasteiger partial charge in [-0.05, 0) is 25.0 Å². The maximum absolute atomic E-state index is 4.53. The van der Waals surface area contributed by atoms with E-state index in [0.717, 1.165) is 17.6 Å². The Balaban J connectivity index is 2.49. The van der Waals surface area contributed by atoms with Crippen LogP contribution in [0.4, 0.5) is 0 Å². The van der Waals surface area contributed by atoms with Crippen LogP contribution in [0, 0.1) is 6.42 Å². The van der Waals surface area contributed by atoms with Crippen LogP contribution in [0.3, 0.4) is 0 Å². The van der Waals surface area contributed by atoms with Gasteiger partial charge in [0.1, 0.15) is 0 Å². The Kier molecular flexibility index (Phi) is 2.26. The SMILES string of the molecule is C[CH]Cc1ccc2ccccc2n1. The van der Waals surface area contributed by atoms with Gasteiger partial charge in [0.15, 0.2) is 0 Å². The maximum atomic E-state index is 4.53. The number of hydrogen-bond donors (Lipinski definition) is 0. The smallest absolute Gasteiger partial charge is 0.0705 e. The summed E-state index contributed by atoms with van der Waals surface area (Å²) in [5, 5.41) is 1.21. The molecule has 0 saturated heterocycles. The van der Waals surface area contributed by atoms with Crippen molar-refractivity contribution in [3.63, 3.8) is 0 Å². The second-order valence-electron chi connectivity index (χ2n) is 3.11. The van der Waals surface area contributed by atoms with Crippen LogP contribution in [0.15, 0.2) is 36.4 Å². The third kappa shape index (κ3) is 1.69. The Morgan fingerprint density at radius 2 is 2.00 bits per heavy atom. The molecule has 2 aromatic rings. The highest BCUT2D eigenvalue weighted by molar-refractivity contribution is 5.78. The molecule has 65 valence electrons. The van der Waals surface area contributed by atoms with Gasteiger partial charge in [-0.3, -0.25) is 4.98 Å². The van der Waals surface area contributed by atoms with Gasteiger partial charge < -0.3 is 0 Å². The molecule has 2 rings (SSSR count). The number of pyridine rings is 1. The van der Waals surface area contributed by atoms with E-state index in [-0.39, 0.29) is 0 Å². The number of benzene rings is 1. The van der Waals surface area contributed by atoms with Crippen LogP contribution in [-0.2, 0) is 6.42 Å². The van der Waals surface area contributed by atoms with Gasteiger partial charge in [-0.25, -0.2) is 0 Å². The van der Waals surface area contributed by atoms with Gasteiger partial charge in [-0.1, -0.05) is 31.2 Å². The van der Waals surface area contributed by atoms with Crippen molar-refractivity contribution >= 4 is 10.9 Å². The lowest BCUT2D eigenvalue weighted by molar-refractivity contribution is 1.07. The first-order chi connectivity index (χ1) is 6.40. The lowest BCUT2D eigenvalue weighted by atomic mass is 10.1. The molecule has 0 bridgehead atoms. The Morgan fingerprint density at radius 1 is 1.15 bits per heavy atom. The van der Waals surface area contributed by atoms with Crippen LogP contribution in [0.1, 0.15) is 12.6 Å². The van der Waals surface area contributed by atoms with Gasteiger partial charge in [0.25, 0.3) is 0 Å². The number of fused-ring (bicyclic) bond motifs is 1. The minimum absolute atomic E-state index is 0.949. The molecule has 0 aliphatic carbocycles. The molecule has 0 saturated carbocycles. The molecule has 1 aromatic heterocycles. The molecule has 1 heterocycles. The molecule has 1 nitrogen and oxygen atoms in total. The second kappa shape index (κ2) is 3.56. The first-order valence-corrected chi connectivity index (χ1v) is 4.52. The zero-order valence-electron chi connectivity index (χ0n) is 7.70. The predicted octanol–water partition coefficient (Wildman–Crippen LogP) is 3.00. The van der Waals surface area contributed by atoms with Gasteiger partial charge in [0.2, 0.25) is 0 Å². The summed E-state index contributed by atoms with van der Waals surface area (Å²) in [6.45, 7) is 2.05. The maximum Gasteiger partial charge on any atom is 0.0705 e. The highest BCUT2D eigenvalue weighted by atomic mass is 14.7. The van der Waals surface area contributed by atoms with E-state index in [1.54, 1.807) is 0 Å². The summed E-state index contributed by atoms with van der Waals surface area (Å²) in [4.78, 5) is 4.53. The molecule has 0 amide bonds. The number of para-hydroxylation sites is 1. The molecule has 1 aromatic carbocycles. The van der Waals surface area contributed by atoms with Crippen LogP contribution in [0.5, 0.6) is 0 Å². The van der Waals surface area contributed by atoms with Crippen molar-refractivity contribution in [1.82, 2.24) is 4.98 Å². The van der Waals surface area contributed by atoms with E-state index in [0.29, 0.717) is 0 Å². The molecule has 1 radical (unpaired) electrons. The van der Waals surface area contributed by atoms with E-state index in [1.807, 2.05) is 12.1 Å². The lowest BCUT2D eigenvalue weighted by Crippen LogP contribution is -1.89. The second-order valence-corrected chi connectivity index (χ2v) is 3.11. The van der Waals surface area contributed by atoms with Crippen LogP contribution in [0.25, 0.3) is 10.9 Å². The molecular weight excluding hydrogens is 158 g/mol. The molecule has 0 aliphatic heterocycles. The standard InChI is InChI=1S/C12H12N/c1-2-5-11-9-8-10-6-3-4-7-12(10)13-11/h2-4,6-9H,5H2,1H3. The van der Waals surface area contributed by atoms with Crippen LogP contribution >= 0.6 is 0 Å². The number of aromatic nitrogens is 1. The molecule has 0 spiro atoms. The largest absolute Gasteiger partial charge is 0.253 e. The van der Waals surface area contributed by atoms with Crippen molar-refractivity contribution in [3.05, 3.63) is 48.5 Å². The summed E-state index contributed by atoms with van der Waals surface area (Å²) in [6.07, 6.45) is 3.07. The fourth-order valence-electron chi connectivity index (χ4n) is 1.43. The molecule has 0 fully saturated rings. The first-order valence-electron chi connectivity index (χ1n) is 4.52. The normalized spacial score (nSPS) is 10.5. The number of nitrogens with zero attached hydrogens (tertiary/aromatic N) is 1. The fraction of sp³-hybridized carbons (Fsp3) is 0.167. The summed E-state index contributed by atoms with van der Waals surface area (Å²) in [5.41, 5.74) is 2.23. The van der Waals surface area contributed by atoms with Gasteiger partial charge in [-0.2, -0.15) is 0 Å². The summed E-state index contributed by atoms with van der Waals surface area (Å²) in [5.74, 6) is 0. The average molecular weight is 170 g/mol. The topological polar surface area (TPSA) is 12.9 Å². The monoisotopic (exact) mass is 170 g/mol. The average Bonchev–Trinajstić information content (AvgIpc) is 2.18. The van der Waals surface area contributed by atoms with Crippen molar-refractivity contribution in [2.45, 2.75) is 13.3 Å². The molecule has 13 heavy (non-hydrogen) atoms. The zero-order chi connectivity index (χ0) is 9.10. The van der Waals surface area contributed by atoms with Crippen molar-refractivity contribution in [2.75, 3.05) is 0 Å². The minimum Gasteiger partial charge on any atom is -0.253 e. The molecule has 0 unspecified atom stereocenters. The van der Waals surface area contributed by atoms with Crippen LogP contribution in [-0.4, -0.2) is 4.98 Å². The summed E-state index contributed by atoms with van der Waals surface area (Å²) < 4.78 is 0. The van der Waals surface area contributed by atoms with E-state index < -0.39 is 0 Å². The highest BCUT2D eigenvalue weighted by Crippen LogP contribution is 2.12. The Hall–Kier alpha value is -1.37. The quantitative estimate of drug-likeness (QED) is 0.675. The van der Waals surface area contributed by atoms with Crippen LogP contribution < -0.4 is 0 Å². The first kappa shape index (κ1) is 8.24. The zero-order valence-corrected chi connectivity index (χ0v) is 7.70. The van der Waals surface area contributed by atoms with E-state index in [9.17, 15) is 0 Å². The van der Waals surface area contributed by atoms with Gasteiger partial charge in [-0.15, -0.1) is 0 Å². The highest BCUT2D eigenvalue weighted by Gasteiger charge is 1.95. The third-order valence-corrected chi connectivity index (χ3v) is 2.07. The van der Waals surface area contributed by atoms with Crippen molar-refractivity contribution < 1.29 is 0 Å². The lowest BCUT2D eigenvalue weighted by Gasteiger charge is -2.00. The van der Waals surface area contributed by atoms with Crippen molar-refractivity contribution in [1.29, 1.82) is 0 Å². The van der Waals surface area contributed by atoms with Gasteiger partial charge >= 0.3 is 0 Å². The Morgan fingerprint density at radius 3 is 2.85 bits per heavy atom.